The van der Waals surface area contributed by atoms with Crippen molar-refractivity contribution in [3.8, 4) is 5.75 Å². The molecule has 178 valence electrons. The number of carbonyl (C=O) groups is 2. The van der Waals surface area contributed by atoms with Crippen molar-refractivity contribution in [3.63, 3.8) is 0 Å². The van der Waals surface area contributed by atoms with E-state index in [1.807, 2.05) is 0 Å². The molecule has 1 amide bonds. The van der Waals surface area contributed by atoms with Crippen LogP contribution in [0.15, 0.2) is 47.4 Å². The Hall–Kier alpha value is -2.92. The van der Waals surface area contributed by atoms with Crippen molar-refractivity contribution in [3.05, 3.63) is 59.2 Å². The molecule has 1 unspecified atom stereocenters. The first-order valence-corrected chi connectivity index (χ1v) is 13.4. The van der Waals surface area contributed by atoms with Crippen LogP contribution >= 0.6 is 0 Å². The van der Waals surface area contributed by atoms with E-state index < -0.39 is 44.5 Å². The van der Waals surface area contributed by atoms with Crippen molar-refractivity contribution in [1.29, 1.82) is 0 Å². The third kappa shape index (κ3) is 6.11. The van der Waals surface area contributed by atoms with Crippen LogP contribution in [-0.4, -0.2) is 64.8 Å². The van der Waals surface area contributed by atoms with Crippen LogP contribution in [0.25, 0.3) is 0 Å². The highest BCUT2D eigenvalue weighted by molar-refractivity contribution is 7.91. The van der Waals surface area contributed by atoms with E-state index in [2.05, 4.69) is 0 Å². The molecule has 1 aliphatic heterocycles. The van der Waals surface area contributed by atoms with Crippen LogP contribution in [-0.2, 0) is 29.5 Å². The Bertz CT molecular complexity index is 1270. The molecule has 0 N–H and O–H groups in total. The van der Waals surface area contributed by atoms with Crippen molar-refractivity contribution in [1.82, 2.24) is 4.90 Å². The van der Waals surface area contributed by atoms with Crippen LogP contribution in [0.4, 0.5) is 0 Å². The number of aryl methyl sites for hydroxylation is 2. The summed E-state index contributed by atoms with van der Waals surface area (Å²) in [5.41, 5.74) is 1.42. The molecule has 0 spiro atoms. The predicted octanol–water partition coefficient (Wildman–Crippen LogP) is 1.87. The molecule has 0 saturated carbocycles. The molecule has 11 heteroatoms. The van der Waals surface area contributed by atoms with E-state index in [0.717, 1.165) is 5.56 Å². The summed E-state index contributed by atoms with van der Waals surface area (Å²) in [6.45, 7) is 2.90. The number of nitrogens with zero attached hydrogens (tertiary/aromatic N) is 1. The highest BCUT2D eigenvalue weighted by Gasteiger charge is 2.33. The topological polar surface area (TPSA) is 124 Å². The van der Waals surface area contributed by atoms with Gasteiger partial charge in [0.25, 0.3) is 5.91 Å². The first-order chi connectivity index (χ1) is 15.4. The lowest BCUT2D eigenvalue weighted by Crippen LogP contribution is -2.40. The van der Waals surface area contributed by atoms with Crippen molar-refractivity contribution in [2.24, 2.45) is 0 Å². The minimum Gasteiger partial charge on any atom is -0.452 e. The molecule has 1 atom stereocenters. The van der Waals surface area contributed by atoms with Crippen LogP contribution in [0.5, 0.6) is 5.75 Å². The monoisotopic (exact) mass is 495 g/mol. The second-order valence-corrected chi connectivity index (χ2v) is 11.7. The van der Waals surface area contributed by atoms with Gasteiger partial charge in [-0.3, -0.25) is 4.79 Å². The van der Waals surface area contributed by atoms with Gasteiger partial charge in [0.05, 0.1) is 17.1 Å². The number of rotatable bonds is 7. The van der Waals surface area contributed by atoms with Gasteiger partial charge in [-0.15, -0.1) is 0 Å². The second kappa shape index (κ2) is 9.52. The fourth-order valence-corrected chi connectivity index (χ4v) is 6.41. The number of benzene rings is 2. The second-order valence-electron chi connectivity index (χ2n) is 7.97. The van der Waals surface area contributed by atoms with E-state index >= 15 is 0 Å². The summed E-state index contributed by atoms with van der Waals surface area (Å²) in [6, 6.07) is 9.86. The Balaban J connectivity index is 1.59. The van der Waals surface area contributed by atoms with E-state index in [9.17, 15) is 26.4 Å². The standard InChI is InChI=1S/C22H25NO8S2/c1-15-4-5-16(2)20(12-15)33(28,29)31-19-8-6-17(7-9-19)22(25)30-13-21(24)23(3)18-10-11-32(26,27)14-18/h4-9,12,18H,10-11,13-14H2,1-3H3. The van der Waals surface area contributed by atoms with Gasteiger partial charge in [-0.1, -0.05) is 12.1 Å². The molecule has 1 heterocycles. The Morgan fingerprint density at radius 3 is 2.36 bits per heavy atom. The van der Waals surface area contributed by atoms with E-state index in [1.54, 1.807) is 26.0 Å². The van der Waals surface area contributed by atoms with Gasteiger partial charge in [0.2, 0.25) is 0 Å². The lowest BCUT2D eigenvalue weighted by molar-refractivity contribution is -0.134. The molecule has 33 heavy (non-hydrogen) atoms. The van der Waals surface area contributed by atoms with Gasteiger partial charge in [0.15, 0.2) is 16.4 Å². The van der Waals surface area contributed by atoms with Gasteiger partial charge in [-0.05, 0) is 61.7 Å². The Labute approximate surface area is 193 Å². The van der Waals surface area contributed by atoms with Gasteiger partial charge in [0, 0.05) is 13.1 Å². The van der Waals surface area contributed by atoms with Crippen LogP contribution < -0.4 is 4.18 Å². The fraction of sp³-hybridized carbons (Fsp3) is 0.364. The summed E-state index contributed by atoms with van der Waals surface area (Å²) >= 11 is 0. The van der Waals surface area contributed by atoms with Crippen LogP contribution in [0.2, 0.25) is 0 Å². The van der Waals surface area contributed by atoms with Gasteiger partial charge in [-0.2, -0.15) is 8.42 Å². The molecular formula is C22H25NO8S2. The normalized spacial score (nSPS) is 17.4. The molecule has 0 aromatic heterocycles. The van der Waals surface area contributed by atoms with Gasteiger partial charge >= 0.3 is 16.1 Å². The summed E-state index contributed by atoms with van der Waals surface area (Å²) in [5.74, 6) is -1.34. The summed E-state index contributed by atoms with van der Waals surface area (Å²) < 4.78 is 58.5. The summed E-state index contributed by atoms with van der Waals surface area (Å²) in [7, 11) is -5.72. The smallest absolute Gasteiger partial charge is 0.339 e. The van der Waals surface area contributed by atoms with E-state index in [0.29, 0.717) is 12.0 Å². The number of hydrogen-bond acceptors (Lipinski definition) is 8. The lowest BCUT2D eigenvalue weighted by atomic mass is 10.2. The van der Waals surface area contributed by atoms with Gasteiger partial charge < -0.3 is 13.8 Å². The highest BCUT2D eigenvalue weighted by atomic mass is 32.2. The SMILES string of the molecule is Cc1ccc(C)c(S(=O)(=O)Oc2ccc(C(=O)OCC(=O)N(C)C3CCS(=O)(=O)C3)cc2)c1. The van der Waals surface area contributed by atoms with Crippen LogP contribution in [0.3, 0.4) is 0 Å². The number of amides is 1. The average Bonchev–Trinajstić information content (AvgIpc) is 3.12. The maximum Gasteiger partial charge on any atom is 0.339 e. The molecule has 2 aromatic carbocycles. The summed E-state index contributed by atoms with van der Waals surface area (Å²) in [4.78, 5) is 25.8. The zero-order valence-corrected chi connectivity index (χ0v) is 20.1. The first-order valence-electron chi connectivity index (χ1n) is 10.1. The molecule has 3 rings (SSSR count). The lowest BCUT2D eigenvalue weighted by Gasteiger charge is -2.23. The van der Waals surface area contributed by atoms with E-state index in [1.165, 1.54) is 42.3 Å². The zero-order valence-electron chi connectivity index (χ0n) is 18.5. The number of carbonyl (C=O) groups excluding carboxylic acids is 2. The molecule has 1 aliphatic rings. The Morgan fingerprint density at radius 2 is 1.76 bits per heavy atom. The number of esters is 1. The number of sulfone groups is 1. The average molecular weight is 496 g/mol. The molecular weight excluding hydrogens is 470 g/mol. The minimum absolute atomic E-state index is 0.0192. The van der Waals surface area contributed by atoms with E-state index in [4.69, 9.17) is 8.92 Å². The number of hydrogen-bond donors (Lipinski definition) is 0. The zero-order chi connectivity index (χ0) is 24.4. The summed E-state index contributed by atoms with van der Waals surface area (Å²) in [6.07, 6.45) is 0.352. The Morgan fingerprint density at radius 1 is 1.09 bits per heavy atom. The highest BCUT2D eigenvalue weighted by Crippen LogP contribution is 2.23. The van der Waals surface area contributed by atoms with Crippen molar-refractivity contribution >= 4 is 31.8 Å². The summed E-state index contributed by atoms with van der Waals surface area (Å²) in [5, 5.41) is 0. The van der Waals surface area contributed by atoms with Crippen LogP contribution in [0.1, 0.15) is 27.9 Å². The quantitative estimate of drug-likeness (QED) is 0.421. The maximum absolute atomic E-state index is 12.6. The maximum atomic E-state index is 12.6. The molecule has 0 bridgehead atoms. The molecule has 0 aliphatic carbocycles. The minimum atomic E-state index is -4.06. The van der Waals surface area contributed by atoms with Crippen molar-refractivity contribution < 1.29 is 35.3 Å². The molecule has 2 aromatic rings. The molecule has 1 saturated heterocycles. The fourth-order valence-electron chi connectivity index (χ4n) is 3.39. The van der Waals surface area contributed by atoms with E-state index in [-0.39, 0.29) is 27.7 Å². The molecule has 0 radical (unpaired) electrons. The third-order valence-electron chi connectivity index (χ3n) is 5.39. The number of ether oxygens (including phenoxy) is 1. The molecule has 9 nitrogen and oxygen atoms in total. The predicted molar refractivity (Wildman–Crippen MR) is 120 cm³/mol. The van der Waals surface area contributed by atoms with Crippen molar-refractivity contribution in [2.45, 2.75) is 31.2 Å². The van der Waals surface area contributed by atoms with Crippen LogP contribution in [0, 0.1) is 13.8 Å². The molecule has 1 fully saturated rings. The largest absolute Gasteiger partial charge is 0.452 e. The Kier molecular flexibility index (Phi) is 7.13. The first kappa shape index (κ1) is 24.7. The third-order valence-corrected chi connectivity index (χ3v) is 8.53. The van der Waals surface area contributed by atoms with Crippen molar-refractivity contribution in [2.75, 3.05) is 25.2 Å². The van der Waals surface area contributed by atoms with Gasteiger partial charge in [0.1, 0.15) is 10.6 Å². The number of likely N-dealkylation sites (N-methyl/N-ethyl adjacent to an activating group) is 1. The van der Waals surface area contributed by atoms with Gasteiger partial charge in [-0.25, -0.2) is 13.2 Å².